The Balaban J connectivity index is 2.14. The van der Waals surface area contributed by atoms with Crippen molar-refractivity contribution >= 4 is 0 Å². The molecule has 0 bridgehead atoms. The monoisotopic (exact) mass is 137 g/mol. The summed E-state index contributed by atoms with van der Waals surface area (Å²) < 4.78 is 0. The van der Waals surface area contributed by atoms with Crippen molar-refractivity contribution in [3.63, 3.8) is 0 Å². The standard InChI is InChI=1S/C7H11N3/c1-2-6-7(9-3-1)4-8-5-10-6/h1-3,7-10H,4-5H2. The fourth-order valence-corrected chi connectivity index (χ4v) is 1.26. The molecule has 0 aromatic heterocycles. The zero-order chi connectivity index (χ0) is 6.81. The van der Waals surface area contributed by atoms with Crippen LogP contribution >= 0.6 is 0 Å². The first-order chi connectivity index (χ1) is 4.97. The maximum absolute atomic E-state index is 3.26. The third-order valence-electron chi connectivity index (χ3n) is 1.81. The number of nitrogens with one attached hydrogen (secondary N) is 3. The molecule has 1 fully saturated rings. The van der Waals surface area contributed by atoms with Gasteiger partial charge in [-0.25, -0.2) is 0 Å². The summed E-state index contributed by atoms with van der Waals surface area (Å²) in [5.41, 5.74) is 1.29. The van der Waals surface area contributed by atoms with Gasteiger partial charge in [-0.1, -0.05) is 0 Å². The Morgan fingerprint density at radius 3 is 3.40 bits per heavy atom. The van der Waals surface area contributed by atoms with E-state index < -0.39 is 0 Å². The first-order valence-electron chi connectivity index (χ1n) is 3.54. The van der Waals surface area contributed by atoms with Crippen molar-refractivity contribution in [1.82, 2.24) is 16.0 Å². The van der Waals surface area contributed by atoms with E-state index in [1.54, 1.807) is 0 Å². The number of hydrogen-bond donors (Lipinski definition) is 3. The maximum Gasteiger partial charge on any atom is 0.0780 e. The van der Waals surface area contributed by atoms with Crippen LogP contribution in [0.2, 0.25) is 0 Å². The summed E-state index contributed by atoms with van der Waals surface area (Å²) >= 11 is 0. The lowest BCUT2D eigenvalue weighted by molar-refractivity contribution is 0.468. The van der Waals surface area contributed by atoms with E-state index in [0.29, 0.717) is 6.04 Å². The van der Waals surface area contributed by atoms with Gasteiger partial charge in [0.25, 0.3) is 0 Å². The quantitative estimate of drug-likeness (QED) is 0.421. The molecule has 0 amide bonds. The number of fused-ring (bicyclic) bond motifs is 1. The van der Waals surface area contributed by atoms with Crippen molar-refractivity contribution in [1.29, 1.82) is 0 Å². The molecule has 0 saturated carbocycles. The predicted octanol–water partition coefficient (Wildman–Crippen LogP) is -0.494. The minimum absolute atomic E-state index is 0.457. The molecule has 54 valence electrons. The third-order valence-corrected chi connectivity index (χ3v) is 1.81. The molecule has 0 aromatic carbocycles. The lowest BCUT2D eigenvalue weighted by Crippen LogP contribution is -2.51. The Morgan fingerprint density at radius 2 is 2.50 bits per heavy atom. The first-order valence-corrected chi connectivity index (χ1v) is 3.54. The van der Waals surface area contributed by atoms with Gasteiger partial charge in [0.2, 0.25) is 0 Å². The summed E-state index contributed by atoms with van der Waals surface area (Å²) in [7, 11) is 0. The van der Waals surface area contributed by atoms with Crippen LogP contribution in [0.5, 0.6) is 0 Å². The van der Waals surface area contributed by atoms with Crippen molar-refractivity contribution in [3.8, 4) is 0 Å². The van der Waals surface area contributed by atoms with Gasteiger partial charge in [0, 0.05) is 12.2 Å². The fraction of sp³-hybridized carbons (Fsp3) is 0.429. The number of allylic oxidation sites excluding steroid dienone is 2. The molecule has 1 unspecified atom stereocenters. The summed E-state index contributed by atoms with van der Waals surface area (Å²) in [5, 5.41) is 9.74. The van der Waals surface area contributed by atoms with E-state index in [4.69, 9.17) is 0 Å². The summed E-state index contributed by atoms with van der Waals surface area (Å²) in [6, 6.07) is 0.457. The van der Waals surface area contributed by atoms with Crippen LogP contribution in [0.1, 0.15) is 0 Å². The molecule has 0 aromatic rings. The lowest BCUT2D eigenvalue weighted by atomic mass is 10.1. The van der Waals surface area contributed by atoms with Gasteiger partial charge in [-0.05, 0) is 18.4 Å². The minimum atomic E-state index is 0.457. The smallest absolute Gasteiger partial charge is 0.0780 e. The molecule has 0 aliphatic carbocycles. The molecule has 1 atom stereocenters. The van der Waals surface area contributed by atoms with Crippen LogP contribution in [0, 0.1) is 0 Å². The Hall–Kier alpha value is -0.960. The van der Waals surface area contributed by atoms with E-state index in [-0.39, 0.29) is 0 Å². The Morgan fingerprint density at radius 1 is 1.50 bits per heavy atom. The average molecular weight is 137 g/mol. The molecule has 3 heteroatoms. The molecule has 0 radical (unpaired) electrons. The Labute approximate surface area is 60.2 Å². The second-order valence-electron chi connectivity index (χ2n) is 2.51. The topological polar surface area (TPSA) is 36.1 Å². The maximum atomic E-state index is 3.26. The van der Waals surface area contributed by atoms with E-state index in [2.05, 4.69) is 22.0 Å². The summed E-state index contributed by atoms with van der Waals surface area (Å²) in [4.78, 5) is 0. The zero-order valence-corrected chi connectivity index (χ0v) is 5.72. The average Bonchev–Trinajstić information content (AvgIpc) is 2.05. The fourth-order valence-electron chi connectivity index (χ4n) is 1.26. The van der Waals surface area contributed by atoms with Crippen LogP contribution in [0.3, 0.4) is 0 Å². The molecule has 0 spiro atoms. The molecular formula is C7H11N3. The summed E-state index contributed by atoms with van der Waals surface area (Å²) in [6.07, 6.45) is 6.11. The van der Waals surface area contributed by atoms with Gasteiger partial charge >= 0.3 is 0 Å². The van der Waals surface area contributed by atoms with E-state index in [1.807, 2.05) is 12.3 Å². The van der Waals surface area contributed by atoms with E-state index in [9.17, 15) is 0 Å². The first kappa shape index (κ1) is 5.80. The van der Waals surface area contributed by atoms with Crippen LogP contribution in [0.25, 0.3) is 0 Å². The van der Waals surface area contributed by atoms with Crippen molar-refractivity contribution in [2.24, 2.45) is 0 Å². The molecule has 3 N–H and O–H groups in total. The highest BCUT2D eigenvalue weighted by Gasteiger charge is 2.16. The van der Waals surface area contributed by atoms with Crippen LogP contribution in [0.4, 0.5) is 0 Å². The van der Waals surface area contributed by atoms with E-state index in [1.165, 1.54) is 5.70 Å². The molecule has 3 nitrogen and oxygen atoms in total. The van der Waals surface area contributed by atoms with Gasteiger partial charge in [0.05, 0.1) is 12.7 Å². The second-order valence-corrected chi connectivity index (χ2v) is 2.51. The van der Waals surface area contributed by atoms with Gasteiger partial charge in [0.1, 0.15) is 0 Å². The summed E-state index contributed by atoms with van der Waals surface area (Å²) in [5.74, 6) is 0. The van der Waals surface area contributed by atoms with Gasteiger partial charge in [-0.3, -0.25) is 5.32 Å². The highest BCUT2D eigenvalue weighted by molar-refractivity contribution is 5.23. The van der Waals surface area contributed by atoms with E-state index >= 15 is 0 Å². The largest absolute Gasteiger partial charge is 0.381 e. The molecular weight excluding hydrogens is 126 g/mol. The minimum Gasteiger partial charge on any atom is -0.381 e. The highest BCUT2D eigenvalue weighted by atomic mass is 15.2. The normalized spacial score (nSPS) is 29.6. The van der Waals surface area contributed by atoms with Gasteiger partial charge in [-0.2, -0.15) is 0 Å². The van der Waals surface area contributed by atoms with Gasteiger partial charge in [0.15, 0.2) is 0 Å². The molecule has 10 heavy (non-hydrogen) atoms. The Bertz CT molecular complexity index is 183. The SMILES string of the molecule is C1=CNC2CNCNC2=C1. The van der Waals surface area contributed by atoms with Crippen LogP contribution < -0.4 is 16.0 Å². The van der Waals surface area contributed by atoms with Crippen LogP contribution in [-0.4, -0.2) is 19.3 Å². The second kappa shape index (κ2) is 2.34. The van der Waals surface area contributed by atoms with Crippen LogP contribution in [0.15, 0.2) is 24.0 Å². The predicted molar refractivity (Wildman–Crippen MR) is 40.2 cm³/mol. The Kier molecular flexibility index (Phi) is 1.36. The molecule has 2 aliphatic heterocycles. The van der Waals surface area contributed by atoms with Gasteiger partial charge < -0.3 is 10.6 Å². The van der Waals surface area contributed by atoms with Crippen molar-refractivity contribution in [2.75, 3.05) is 13.2 Å². The zero-order valence-electron chi connectivity index (χ0n) is 5.72. The number of rotatable bonds is 0. The van der Waals surface area contributed by atoms with Crippen LogP contribution in [-0.2, 0) is 0 Å². The van der Waals surface area contributed by atoms with Crippen molar-refractivity contribution in [3.05, 3.63) is 24.0 Å². The van der Waals surface area contributed by atoms with E-state index in [0.717, 1.165) is 13.2 Å². The molecule has 2 heterocycles. The van der Waals surface area contributed by atoms with Crippen molar-refractivity contribution < 1.29 is 0 Å². The lowest BCUT2D eigenvalue weighted by Gasteiger charge is -2.29. The summed E-state index contributed by atoms with van der Waals surface area (Å²) in [6.45, 7) is 1.90. The number of dihydropyridines is 1. The molecule has 1 saturated heterocycles. The molecule has 2 aliphatic rings. The third kappa shape index (κ3) is 0.885. The van der Waals surface area contributed by atoms with Crippen molar-refractivity contribution in [2.45, 2.75) is 6.04 Å². The highest BCUT2D eigenvalue weighted by Crippen LogP contribution is 2.04. The molecule has 2 rings (SSSR count). The number of hydrogen-bond acceptors (Lipinski definition) is 3. The van der Waals surface area contributed by atoms with Gasteiger partial charge in [-0.15, -0.1) is 0 Å².